The summed E-state index contributed by atoms with van der Waals surface area (Å²) in [7, 11) is 0. The van der Waals surface area contributed by atoms with E-state index in [1.165, 1.54) is 25.7 Å². The maximum Gasteiger partial charge on any atom is -0.0169 e. The van der Waals surface area contributed by atoms with Crippen LogP contribution in [0.5, 0.6) is 0 Å². The van der Waals surface area contributed by atoms with Gasteiger partial charge in [-0.3, -0.25) is 0 Å². The van der Waals surface area contributed by atoms with Crippen molar-refractivity contribution in [2.75, 3.05) is 0 Å². The lowest BCUT2D eigenvalue weighted by Gasteiger charge is -1.90. The van der Waals surface area contributed by atoms with E-state index < -0.39 is 0 Å². The van der Waals surface area contributed by atoms with Gasteiger partial charge in [0.15, 0.2) is 0 Å². The Balaban J connectivity index is 3.41. The summed E-state index contributed by atoms with van der Waals surface area (Å²) in [6.07, 6.45) is 33.1. The Kier molecular flexibility index (Phi) is 17.5. The summed E-state index contributed by atoms with van der Waals surface area (Å²) >= 11 is 0. The van der Waals surface area contributed by atoms with E-state index in [4.69, 9.17) is 0 Å². The zero-order valence-electron chi connectivity index (χ0n) is 14.1. The molecule has 0 unspecified atom stereocenters. The average molecular weight is 287 g/mol. The maximum atomic E-state index is 2.31. The minimum atomic E-state index is 1.05. The molecular weight excluding hydrogens is 252 g/mol. The summed E-state index contributed by atoms with van der Waals surface area (Å²) in [6, 6.07) is 0. The highest BCUT2D eigenvalue weighted by molar-refractivity contribution is 5.00. The van der Waals surface area contributed by atoms with Gasteiger partial charge in [-0.25, -0.2) is 0 Å². The van der Waals surface area contributed by atoms with Crippen molar-refractivity contribution in [1.29, 1.82) is 0 Å². The van der Waals surface area contributed by atoms with E-state index >= 15 is 0 Å². The average Bonchev–Trinajstić information content (AvgIpc) is 2.50. The summed E-state index contributed by atoms with van der Waals surface area (Å²) in [5.74, 6) is 0. The first-order valence-electron chi connectivity index (χ1n) is 8.66. The van der Waals surface area contributed by atoms with Crippen LogP contribution in [0.4, 0.5) is 0 Å². The van der Waals surface area contributed by atoms with Crippen molar-refractivity contribution in [3.8, 4) is 0 Å². The fraction of sp³-hybridized carbons (Fsp3) is 0.524. The molecule has 0 spiro atoms. The number of hydrogen-bond acceptors (Lipinski definition) is 0. The minimum absolute atomic E-state index is 1.05. The van der Waals surface area contributed by atoms with Crippen LogP contribution < -0.4 is 0 Å². The van der Waals surface area contributed by atoms with Crippen molar-refractivity contribution in [2.45, 2.75) is 71.6 Å². The molecule has 21 heavy (non-hydrogen) atoms. The molecule has 0 heteroatoms. The lowest BCUT2D eigenvalue weighted by molar-refractivity contribution is 0.728. The zero-order valence-corrected chi connectivity index (χ0v) is 14.1. The smallest absolute Gasteiger partial charge is 0.0169 e. The molecule has 0 aromatic heterocycles. The second kappa shape index (κ2) is 18.7. The molecule has 0 saturated heterocycles. The summed E-state index contributed by atoms with van der Waals surface area (Å²) < 4.78 is 0. The number of hydrogen-bond donors (Lipinski definition) is 0. The van der Waals surface area contributed by atoms with Crippen LogP contribution in [0.3, 0.4) is 0 Å². The molecule has 0 aliphatic carbocycles. The van der Waals surface area contributed by atoms with E-state index in [0.717, 1.165) is 32.1 Å². The third-order valence-electron chi connectivity index (χ3n) is 3.13. The van der Waals surface area contributed by atoms with Crippen molar-refractivity contribution in [3.63, 3.8) is 0 Å². The van der Waals surface area contributed by atoms with Crippen LogP contribution in [0.2, 0.25) is 0 Å². The summed E-state index contributed by atoms with van der Waals surface area (Å²) in [5, 5.41) is 0. The molecule has 0 N–H and O–H groups in total. The highest BCUT2D eigenvalue weighted by Crippen LogP contribution is 2.00. The topological polar surface area (TPSA) is 0 Å². The molecule has 0 radical (unpaired) electrons. The Hall–Kier alpha value is -1.30. The van der Waals surface area contributed by atoms with Gasteiger partial charge >= 0.3 is 0 Å². The SMILES string of the molecule is CC/C=C\C/C=C\C/C=C\C/C=C\C/C=C\CCCCC. The summed E-state index contributed by atoms with van der Waals surface area (Å²) in [6.45, 7) is 4.41. The third kappa shape index (κ3) is 18.7. The third-order valence-corrected chi connectivity index (χ3v) is 3.13. The molecule has 0 atom stereocenters. The van der Waals surface area contributed by atoms with E-state index in [0.29, 0.717) is 0 Å². The monoisotopic (exact) mass is 286 g/mol. The largest absolute Gasteiger partial charge is 0.0885 e. The van der Waals surface area contributed by atoms with Gasteiger partial charge in [-0.15, -0.1) is 0 Å². The fourth-order valence-corrected chi connectivity index (χ4v) is 1.88. The molecule has 0 aromatic carbocycles. The van der Waals surface area contributed by atoms with E-state index in [1.54, 1.807) is 0 Å². The van der Waals surface area contributed by atoms with Crippen molar-refractivity contribution in [1.82, 2.24) is 0 Å². The van der Waals surface area contributed by atoms with Crippen molar-refractivity contribution >= 4 is 0 Å². The fourth-order valence-electron chi connectivity index (χ4n) is 1.88. The van der Waals surface area contributed by atoms with Crippen LogP contribution >= 0.6 is 0 Å². The lowest BCUT2D eigenvalue weighted by atomic mass is 10.2. The number of rotatable bonds is 13. The molecule has 0 fully saturated rings. The lowest BCUT2D eigenvalue weighted by Crippen LogP contribution is -1.70. The Morgan fingerprint density at radius 1 is 0.476 bits per heavy atom. The molecule has 0 aliphatic rings. The predicted molar refractivity (Wildman–Crippen MR) is 98.6 cm³/mol. The van der Waals surface area contributed by atoms with Crippen molar-refractivity contribution < 1.29 is 0 Å². The molecule has 0 amide bonds. The van der Waals surface area contributed by atoms with Gasteiger partial charge in [-0.2, -0.15) is 0 Å². The van der Waals surface area contributed by atoms with Gasteiger partial charge in [0.25, 0.3) is 0 Å². The Labute approximate surface area is 133 Å². The van der Waals surface area contributed by atoms with Gasteiger partial charge in [-0.05, 0) is 44.9 Å². The van der Waals surface area contributed by atoms with Gasteiger partial charge in [0, 0.05) is 0 Å². The quantitative estimate of drug-likeness (QED) is 0.246. The zero-order chi connectivity index (χ0) is 15.4. The first-order valence-corrected chi connectivity index (χ1v) is 8.66. The highest BCUT2D eigenvalue weighted by atomic mass is 13.9. The van der Waals surface area contributed by atoms with Crippen LogP contribution in [0.25, 0.3) is 0 Å². The molecule has 0 bridgehead atoms. The minimum Gasteiger partial charge on any atom is -0.0885 e. The summed E-state index contributed by atoms with van der Waals surface area (Å²) in [5.41, 5.74) is 0. The Bertz CT molecular complexity index is 326. The first kappa shape index (κ1) is 19.7. The number of allylic oxidation sites excluding steroid dienone is 10. The van der Waals surface area contributed by atoms with Crippen LogP contribution in [-0.2, 0) is 0 Å². The van der Waals surface area contributed by atoms with Crippen molar-refractivity contribution in [2.24, 2.45) is 0 Å². The second-order valence-corrected chi connectivity index (χ2v) is 5.20. The molecule has 0 saturated carbocycles. The second-order valence-electron chi connectivity index (χ2n) is 5.20. The van der Waals surface area contributed by atoms with Crippen LogP contribution in [0.15, 0.2) is 60.8 Å². The van der Waals surface area contributed by atoms with Gasteiger partial charge in [0.1, 0.15) is 0 Å². The van der Waals surface area contributed by atoms with Gasteiger partial charge < -0.3 is 0 Å². The van der Waals surface area contributed by atoms with Crippen LogP contribution in [0.1, 0.15) is 71.6 Å². The Morgan fingerprint density at radius 3 is 1.33 bits per heavy atom. The van der Waals surface area contributed by atoms with E-state index in [9.17, 15) is 0 Å². The molecule has 118 valence electrons. The van der Waals surface area contributed by atoms with Crippen molar-refractivity contribution in [3.05, 3.63) is 60.8 Å². The van der Waals surface area contributed by atoms with Gasteiger partial charge in [-0.1, -0.05) is 87.4 Å². The molecule has 0 rings (SSSR count). The van der Waals surface area contributed by atoms with Gasteiger partial charge in [0.2, 0.25) is 0 Å². The highest BCUT2D eigenvalue weighted by Gasteiger charge is 1.80. The van der Waals surface area contributed by atoms with E-state index in [1.807, 2.05) is 0 Å². The van der Waals surface area contributed by atoms with E-state index in [-0.39, 0.29) is 0 Å². The molecule has 0 nitrogen and oxygen atoms in total. The molecule has 0 aliphatic heterocycles. The summed E-state index contributed by atoms with van der Waals surface area (Å²) in [4.78, 5) is 0. The normalized spacial score (nSPS) is 13.0. The van der Waals surface area contributed by atoms with Crippen LogP contribution in [-0.4, -0.2) is 0 Å². The Morgan fingerprint density at radius 2 is 0.905 bits per heavy atom. The first-order chi connectivity index (χ1) is 10.4. The van der Waals surface area contributed by atoms with Crippen LogP contribution in [0, 0.1) is 0 Å². The van der Waals surface area contributed by atoms with E-state index in [2.05, 4.69) is 74.6 Å². The standard InChI is InChI=1S/C21H34/c1-3-5-7-9-11-13-15-17-19-21-20-18-16-14-12-10-8-6-4-2/h5,7,11-14,17-20H,3-4,6,8-10,15-16,21H2,1-2H3/b7-5-,13-11-,14-12-,19-17-,20-18-. The van der Waals surface area contributed by atoms with Gasteiger partial charge in [0.05, 0.1) is 0 Å². The molecule has 0 aromatic rings. The predicted octanol–water partition coefficient (Wildman–Crippen LogP) is 7.32. The molecular formula is C21H34. The maximum absolute atomic E-state index is 2.31. The molecule has 0 heterocycles. The number of unbranched alkanes of at least 4 members (excludes halogenated alkanes) is 3.